The van der Waals surface area contributed by atoms with Gasteiger partial charge in [0.2, 0.25) is 0 Å². The molecule has 98 valence electrons. The van der Waals surface area contributed by atoms with E-state index in [9.17, 15) is 0 Å². The number of likely N-dealkylation sites (tertiary alicyclic amines) is 1. The predicted molar refractivity (Wildman–Crippen MR) is 66.9 cm³/mol. The number of aliphatic hydroxyl groups excluding tert-OH is 1. The molecule has 17 heavy (non-hydrogen) atoms. The van der Waals surface area contributed by atoms with Crippen LogP contribution in [0.25, 0.3) is 0 Å². The van der Waals surface area contributed by atoms with E-state index in [0.717, 1.165) is 26.1 Å². The summed E-state index contributed by atoms with van der Waals surface area (Å²) in [6.45, 7) is 3.67. The maximum atomic E-state index is 9.15. The van der Waals surface area contributed by atoms with Crippen LogP contribution in [0.4, 0.5) is 0 Å². The first-order valence-electron chi connectivity index (χ1n) is 7.31. The summed E-state index contributed by atoms with van der Waals surface area (Å²) < 4.78 is 6.34. The van der Waals surface area contributed by atoms with E-state index in [4.69, 9.17) is 9.84 Å². The predicted octanol–water partition coefficient (Wildman–Crippen LogP) is 1.79. The molecule has 1 N–H and O–H groups in total. The van der Waals surface area contributed by atoms with Crippen molar-refractivity contribution in [2.45, 2.75) is 56.7 Å². The van der Waals surface area contributed by atoms with Gasteiger partial charge in [-0.25, -0.2) is 0 Å². The lowest BCUT2D eigenvalue weighted by atomic mass is 9.98. The summed E-state index contributed by atoms with van der Waals surface area (Å²) >= 11 is 0. The van der Waals surface area contributed by atoms with Gasteiger partial charge in [0.15, 0.2) is 0 Å². The Morgan fingerprint density at radius 2 is 2.00 bits per heavy atom. The van der Waals surface area contributed by atoms with Crippen molar-refractivity contribution in [3.05, 3.63) is 0 Å². The third-order valence-electron chi connectivity index (χ3n) is 4.94. The summed E-state index contributed by atoms with van der Waals surface area (Å²) in [7, 11) is 0. The van der Waals surface area contributed by atoms with E-state index in [1.807, 2.05) is 0 Å². The lowest BCUT2D eigenvalue weighted by Crippen LogP contribution is -2.33. The Kier molecular flexibility index (Phi) is 3.42. The molecule has 3 fully saturated rings. The Hall–Kier alpha value is -0.120. The summed E-state index contributed by atoms with van der Waals surface area (Å²) in [5, 5.41) is 9.15. The molecule has 1 spiro atoms. The van der Waals surface area contributed by atoms with Gasteiger partial charge in [-0.1, -0.05) is 12.8 Å². The number of hydrogen-bond acceptors (Lipinski definition) is 3. The molecule has 0 amide bonds. The van der Waals surface area contributed by atoms with Crippen LogP contribution in [0.5, 0.6) is 0 Å². The van der Waals surface area contributed by atoms with Crippen LogP contribution in [0, 0.1) is 5.92 Å². The van der Waals surface area contributed by atoms with Gasteiger partial charge < -0.3 is 14.7 Å². The number of aliphatic hydroxyl groups is 1. The summed E-state index contributed by atoms with van der Waals surface area (Å²) in [4.78, 5) is 2.49. The minimum absolute atomic E-state index is 0.279. The second-order valence-corrected chi connectivity index (χ2v) is 6.27. The molecule has 3 aliphatic rings. The SMILES string of the molecule is OCC1CCN(CC2CCC3(CCCC3)O2)C1. The summed E-state index contributed by atoms with van der Waals surface area (Å²) in [6.07, 6.45) is 9.48. The molecule has 3 heteroatoms. The van der Waals surface area contributed by atoms with Gasteiger partial charge >= 0.3 is 0 Å². The first-order chi connectivity index (χ1) is 8.30. The molecule has 2 unspecified atom stereocenters. The first-order valence-corrected chi connectivity index (χ1v) is 7.31. The fourth-order valence-corrected chi connectivity index (χ4v) is 3.93. The fraction of sp³-hybridized carbons (Fsp3) is 1.00. The summed E-state index contributed by atoms with van der Waals surface area (Å²) in [5.74, 6) is 0.511. The van der Waals surface area contributed by atoms with E-state index in [1.165, 1.54) is 38.5 Å². The monoisotopic (exact) mass is 239 g/mol. The molecular formula is C14H25NO2. The van der Waals surface area contributed by atoms with Gasteiger partial charge in [-0.2, -0.15) is 0 Å². The van der Waals surface area contributed by atoms with Crippen molar-refractivity contribution in [2.24, 2.45) is 5.92 Å². The van der Waals surface area contributed by atoms with Crippen molar-refractivity contribution in [3.8, 4) is 0 Å². The number of nitrogens with zero attached hydrogens (tertiary/aromatic N) is 1. The highest BCUT2D eigenvalue weighted by molar-refractivity contribution is 4.94. The third-order valence-corrected chi connectivity index (χ3v) is 4.94. The van der Waals surface area contributed by atoms with Gasteiger partial charge in [0.25, 0.3) is 0 Å². The van der Waals surface area contributed by atoms with Crippen molar-refractivity contribution >= 4 is 0 Å². The van der Waals surface area contributed by atoms with Gasteiger partial charge in [0.05, 0.1) is 11.7 Å². The number of rotatable bonds is 3. The summed E-state index contributed by atoms with van der Waals surface area (Å²) in [6, 6.07) is 0. The molecule has 0 radical (unpaired) electrons. The maximum Gasteiger partial charge on any atom is 0.0710 e. The van der Waals surface area contributed by atoms with Crippen LogP contribution < -0.4 is 0 Å². The van der Waals surface area contributed by atoms with E-state index in [-0.39, 0.29) is 5.60 Å². The Labute approximate surface area is 104 Å². The van der Waals surface area contributed by atoms with Crippen molar-refractivity contribution in [2.75, 3.05) is 26.2 Å². The van der Waals surface area contributed by atoms with E-state index >= 15 is 0 Å². The van der Waals surface area contributed by atoms with Gasteiger partial charge in [0.1, 0.15) is 0 Å². The molecule has 0 aromatic rings. The largest absolute Gasteiger partial charge is 0.396 e. The van der Waals surface area contributed by atoms with Crippen molar-refractivity contribution < 1.29 is 9.84 Å². The second-order valence-electron chi connectivity index (χ2n) is 6.27. The Balaban J connectivity index is 1.47. The molecule has 1 saturated carbocycles. The van der Waals surface area contributed by atoms with Crippen LogP contribution >= 0.6 is 0 Å². The van der Waals surface area contributed by atoms with Gasteiger partial charge in [-0.05, 0) is 44.6 Å². The zero-order valence-electron chi connectivity index (χ0n) is 10.7. The van der Waals surface area contributed by atoms with Crippen molar-refractivity contribution in [1.29, 1.82) is 0 Å². The quantitative estimate of drug-likeness (QED) is 0.815. The fourth-order valence-electron chi connectivity index (χ4n) is 3.93. The molecule has 1 aliphatic carbocycles. The topological polar surface area (TPSA) is 32.7 Å². The second kappa shape index (κ2) is 4.87. The highest BCUT2D eigenvalue weighted by atomic mass is 16.5. The van der Waals surface area contributed by atoms with Crippen molar-refractivity contribution in [1.82, 2.24) is 4.90 Å². The molecule has 2 atom stereocenters. The molecule has 3 nitrogen and oxygen atoms in total. The van der Waals surface area contributed by atoms with Crippen LogP contribution in [-0.2, 0) is 4.74 Å². The number of hydrogen-bond donors (Lipinski definition) is 1. The highest BCUT2D eigenvalue weighted by Gasteiger charge is 2.42. The van der Waals surface area contributed by atoms with Crippen LogP contribution in [0.1, 0.15) is 44.9 Å². The minimum Gasteiger partial charge on any atom is -0.396 e. The summed E-state index contributed by atoms with van der Waals surface area (Å²) in [5.41, 5.74) is 0.279. The maximum absolute atomic E-state index is 9.15. The van der Waals surface area contributed by atoms with E-state index < -0.39 is 0 Å². The van der Waals surface area contributed by atoms with Gasteiger partial charge in [-0.3, -0.25) is 0 Å². The van der Waals surface area contributed by atoms with E-state index in [1.54, 1.807) is 0 Å². The minimum atomic E-state index is 0.279. The molecule has 0 bridgehead atoms. The van der Waals surface area contributed by atoms with Gasteiger partial charge in [-0.15, -0.1) is 0 Å². The molecule has 0 aromatic heterocycles. The lowest BCUT2D eigenvalue weighted by Gasteiger charge is -2.26. The smallest absolute Gasteiger partial charge is 0.0710 e. The number of ether oxygens (including phenoxy) is 1. The van der Waals surface area contributed by atoms with Crippen LogP contribution in [0.15, 0.2) is 0 Å². The third kappa shape index (κ3) is 2.51. The average molecular weight is 239 g/mol. The van der Waals surface area contributed by atoms with Crippen molar-refractivity contribution in [3.63, 3.8) is 0 Å². The molecule has 2 saturated heterocycles. The van der Waals surface area contributed by atoms with E-state index in [2.05, 4.69) is 4.90 Å². The normalized spacial score (nSPS) is 37.2. The lowest BCUT2D eigenvalue weighted by molar-refractivity contribution is -0.0457. The molecular weight excluding hydrogens is 214 g/mol. The molecule has 2 heterocycles. The van der Waals surface area contributed by atoms with Crippen LogP contribution in [0.3, 0.4) is 0 Å². The first kappa shape index (κ1) is 11.9. The average Bonchev–Trinajstić information content (AvgIpc) is 3.03. The van der Waals surface area contributed by atoms with Crippen LogP contribution in [0.2, 0.25) is 0 Å². The Morgan fingerprint density at radius 3 is 2.71 bits per heavy atom. The Bertz CT molecular complexity index is 263. The zero-order chi connectivity index (χ0) is 11.7. The zero-order valence-corrected chi connectivity index (χ0v) is 10.7. The molecule has 3 rings (SSSR count). The van der Waals surface area contributed by atoms with Gasteiger partial charge in [0, 0.05) is 19.7 Å². The van der Waals surface area contributed by atoms with Crippen LogP contribution in [-0.4, -0.2) is 48.0 Å². The Morgan fingerprint density at radius 1 is 1.18 bits per heavy atom. The molecule has 2 aliphatic heterocycles. The standard InChI is InChI=1S/C14H25NO2/c16-11-12-4-8-15(9-12)10-13-3-7-14(17-13)5-1-2-6-14/h12-13,16H,1-11H2. The van der Waals surface area contributed by atoms with E-state index in [0.29, 0.717) is 18.6 Å². The molecule has 0 aromatic carbocycles. The highest BCUT2D eigenvalue weighted by Crippen LogP contribution is 2.43.